The molecule has 0 amide bonds. The van der Waals surface area contributed by atoms with Gasteiger partial charge >= 0.3 is 0 Å². The van der Waals surface area contributed by atoms with Crippen LogP contribution in [0.2, 0.25) is 0 Å². The zero-order valence-electron chi connectivity index (χ0n) is 10.7. The Labute approximate surface area is 99.6 Å². The molecular formula is C13H27NO2. The van der Waals surface area contributed by atoms with Gasteiger partial charge in [0.2, 0.25) is 0 Å². The van der Waals surface area contributed by atoms with Crippen molar-refractivity contribution in [3.05, 3.63) is 0 Å². The quantitative estimate of drug-likeness (QED) is 0.625. The fraction of sp³-hybridized carbons (Fsp3) is 1.00. The van der Waals surface area contributed by atoms with Gasteiger partial charge in [0.1, 0.15) is 0 Å². The molecule has 1 aliphatic heterocycles. The van der Waals surface area contributed by atoms with Crippen molar-refractivity contribution in [1.82, 2.24) is 5.32 Å². The second-order valence-electron chi connectivity index (χ2n) is 5.00. The molecule has 96 valence electrons. The Morgan fingerprint density at radius 2 is 2.25 bits per heavy atom. The topological polar surface area (TPSA) is 41.5 Å². The molecule has 0 saturated carbocycles. The van der Waals surface area contributed by atoms with Gasteiger partial charge in [0.15, 0.2) is 0 Å². The number of rotatable bonds is 8. The van der Waals surface area contributed by atoms with Crippen molar-refractivity contribution in [3.63, 3.8) is 0 Å². The second-order valence-corrected chi connectivity index (χ2v) is 5.00. The summed E-state index contributed by atoms with van der Waals surface area (Å²) in [6.07, 6.45) is 5.85. The average molecular weight is 229 g/mol. The third-order valence-electron chi connectivity index (χ3n) is 3.43. The standard InChI is InChI=1S/C13H27NO2/c1-3-4-5-6-11(2)14-9-13(15)12-7-8-16-10-12/h11-15H,3-10H2,1-2H3. The molecule has 16 heavy (non-hydrogen) atoms. The van der Waals surface area contributed by atoms with Crippen LogP contribution in [-0.2, 0) is 4.74 Å². The number of aliphatic hydroxyl groups excluding tert-OH is 1. The van der Waals surface area contributed by atoms with Crippen LogP contribution >= 0.6 is 0 Å². The van der Waals surface area contributed by atoms with E-state index >= 15 is 0 Å². The fourth-order valence-electron chi connectivity index (χ4n) is 2.15. The summed E-state index contributed by atoms with van der Waals surface area (Å²) in [6, 6.07) is 0.517. The summed E-state index contributed by atoms with van der Waals surface area (Å²) in [7, 11) is 0. The van der Waals surface area contributed by atoms with E-state index in [0.717, 1.165) is 19.6 Å². The van der Waals surface area contributed by atoms with Gasteiger partial charge in [-0.3, -0.25) is 0 Å². The van der Waals surface area contributed by atoms with Crippen molar-refractivity contribution in [2.24, 2.45) is 5.92 Å². The third kappa shape index (κ3) is 5.28. The van der Waals surface area contributed by atoms with Gasteiger partial charge in [0.25, 0.3) is 0 Å². The van der Waals surface area contributed by atoms with Crippen LogP contribution in [0.3, 0.4) is 0 Å². The molecule has 0 aromatic carbocycles. The predicted octanol–water partition coefficient (Wildman–Crippen LogP) is 1.94. The minimum Gasteiger partial charge on any atom is -0.391 e. The summed E-state index contributed by atoms with van der Waals surface area (Å²) in [4.78, 5) is 0. The number of aliphatic hydroxyl groups is 1. The molecule has 0 aromatic rings. The molecule has 3 unspecified atom stereocenters. The second kappa shape index (κ2) is 8.04. The van der Waals surface area contributed by atoms with Gasteiger partial charge in [0, 0.05) is 25.1 Å². The van der Waals surface area contributed by atoms with E-state index in [2.05, 4.69) is 19.2 Å². The smallest absolute Gasteiger partial charge is 0.0715 e. The molecule has 0 bridgehead atoms. The average Bonchev–Trinajstić information content (AvgIpc) is 2.79. The van der Waals surface area contributed by atoms with Crippen molar-refractivity contribution in [2.75, 3.05) is 19.8 Å². The van der Waals surface area contributed by atoms with E-state index in [4.69, 9.17) is 4.74 Å². The van der Waals surface area contributed by atoms with Crippen LogP contribution in [0.5, 0.6) is 0 Å². The molecule has 1 rings (SSSR count). The van der Waals surface area contributed by atoms with Crippen molar-refractivity contribution in [2.45, 2.75) is 58.1 Å². The maximum absolute atomic E-state index is 9.93. The summed E-state index contributed by atoms with van der Waals surface area (Å²) in [5.74, 6) is 0.343. The maximum Gasteiger partial charge on any atom is 0.0715 e. The van der Waals surface area contributed by atoms with Crippen molar-refractivity contribution in [1.29, 1.82) is 0 Å². The molecule has 2 N–H and O–H groups in total. The number of hydrogen-bond donors (Lipinski definition) is 2. The molecule has 3 nitrogen and oxygen atoms in total. The lowest BCUT2D eigenvalue weighted by Crippen LogP contribution is -2.37. The van der Waals surface area contributed by atoms with E-state index in [0.29, 0.717) is 18.5 Å². The number of unbranched alkanes of at least 4 members (excludes halogenated alkanes) is 2. The normalized spacial score (nSPS) is 24.6. The first kappa shape index (κ1) is 13.9. The van der Waals surface area contributed by atoms with E-state index in [-0.39, 0.29) is 6.10 Å². The molecule has 3 atom stereocenters. The molecular weight excluding hydrogens is 202 g/mol. The Balaban J connectivity index is 2.03. The minimum atomic E-state index is -0.240. The lowest BCUT2D eigenvalue weighted by Gasteiger charge is -2.20. The van der Waals surface area contributed by atoms with Gasteiger partial charge in [-0.25, -0.2) is 0 Å². The highest BCUT2D eigenvalue weighted by Crippen LogP contribution is 2.16. The molecule has 0 radical (unpaired) electrons. The summed E-state index contributed by atoms with van der Waals surface area (Å²) >= 11 is 0. The van der Waals surface area contributed by atoms with Crippen LogP contribution in [0.15, 0.2) is 0 Å². The molecule has 1 aliphatic rings. The fourth-order valence-corrected chi connectivity index (χ4v) is 2.15. The van der Waals surface area contributed by atoms with Gasteiger partial charge in [0.05, 0.1) is 12.7 Å². The SMILES string of the molecule is CCCCCC(C)NCC(O)C1CCOC1. The van der Waals surface area contributed by atoms with Gasteiger partial charge in [-0.05, 0) is 19.8 Å². The molecule has 1 fully saturated rings. The zero-order chi connectivity index (χ0) is 11.8. The number of nitrogens with one attached hydrogen (secondary N) is 1. The highest BCUT2D eigenvalue weighted by Gasteiger charge is 2.23. The largest absolute Gasteiger partial charge is 0.391 e. The first-order valence-electron chi connectivity index (χ1n) is 6.73. The van der Waals surface area contributed by atoms with E-state index in [1.54, 1.807) is 0 Å². The van der Waals surface area contributed by atoms with Crippen molar-refractivity contribution >= 4 is 0 Å². The highest BCUT2D eigenvalue weighted by atomic mass is 16.5. The van der Waals surface area contributed by atoms with Crippen LogP contribution < -0.4 is 5.32 Å². The van der Waals surface area contributed by atoms with E-state index < -0.39 is 0 Å². The van der Waals surface area contributed by atoms with Crippen LogP contribution in [-0.4, -0.2) is 37.0 Å². The van der Waals surface area contributed by atoms with Gasteiger partial charge < -0.3 is 15.2 Å². The Bertz CT molecular complexity index is 169. The Morgan fingerprint density at radius 3 is 2.88 bits per heavy atom. The molecule has 0 aliphatic carbocycles. The summed E-state index contributed by atoms with van der Waals surface area (Å²) in [5, 5.41) is 13.3. The van der Waals surface area contributed by atoms with Gasteiger partial charge in [-0.15, -0.1) is 0 Å². The van der Waals surface area contributed by atoms with Crippen LogP contribution in [0.4, 0.5) is 0 Å². The van der Waals surface area contributed by atoms with Gasteiger partial charge in [-0.1, -0.05) is 26.2 Å². The Hall–Kier alpha value is -0.120. The Kier molecular flexibility index (Phi) is 7.01. The minimum absolute atomic E-state index is 0.240. The Morgan fingerprint density at radius 1 is 1.44 bits per heavy atom. The molecule has 0 aromatic heterocycles. The van der Waals surface area contributed by atoms with Crippen LogP contribution in [0.25, 0.3) is 0 Å². The predicted molar refractivity (Wildman–Crippen MR) is 66.5 cm³/mol. The van der Waals surface area contributed by atoms with E-state index in [1.165, 1.54) is 25.7 Å². The lowest BCUT2D eigenvalue weighted by atomic mass is 10.0. The number of hydrogen-bond acceptors (Lipinski definition) is 3. The van der Waals surface area contributed by atoms with Crippen LogP contribution in [0.1, 0.15) is 46.0 Å². The van der Waals surface area contributed by atoms with E-state index in [9.17, 15) is 5.11 Å². The lowest BCUT2D eigenvalue weighted by molar-refractivity contribution is 0.0885. The molecule has 1 saturated heterocycles. The highest BCUT2D eigenvalue weighted by molar-refractivity contribution is 4.75. The first-order valence-corrected chi connectivity index (χ1v) is 6.73. The monoisotopic (exact) mass is 229 g/mol. The summed E-state index contributed by atoms with van der Waals surface area (Å²) in [6.45, 7) is 6.68. The molecule has 1 heterocycles. The summed E-state index contributed by atoms with van der Waals surface area (Å²) in [5.41, 5.74) is 0. The third-order valence-corrected chi connectivity index (χ3v) is 3.43. The van der Waals surface area contributed by atoms with Gasteiger partial charge in [-0.2, -0.15) is 0 Å². The van der Waals surface area contributed by atoms with Crippen molar-refractivity contribution in [3.8, 4) is 0 Å². The van der Waals surface area contributed by atoms with Crippen LogP contribution in [0, 0.1) is 5.92 Å². The summed E-state index contributed by atoms with van der Waals surface area (Å²) < 4.78 is 5.28. The zero-order valence-corrected chi connectivity index (χ0v) is 10.7. The molecule has 3 heteroatoms. The first-order chi connectivity index (χ1) is 7.74. The maximum atomic E-state index is 9.93. The number of ether oxygens (including phenoxy) is 1. The molecule has 0 spiro atoms. The van der Waals surface area contributed by atoms with Crippen molar-refractivity contribution < 1.29 is 9.84 Å². The van der Waals surface area contributed by atoms with E-state index in [1.807, 2.05) is 0 Å².